The average molecular weight is 786 g/mol. The van der Waals surface area contributed by atoms with Crippen LogP contribution in [0.4, 0.5) is 11.5 Å². The number of aryl methyl sites for hydroxylation is 1. The molecule has 1 saturated carbocycles. The molecule has 280 valence electrons. The molecule has 1 aliphatic heterocycles. The number of pyridine rings is 2. The molecule has 2 aliphatic rings. The normalized spacial score (nSPS) is 18.4. The number of nitrogens with one attached hydrogen (secondary N) is 4. The number of amides is 1. The molecule has 54 heavy (non-hydrogen) atoms. The summed E-state index contributed by atoms with van der Waals surface area (Å²) in [7, 11) is 0. The molecule has 0 radical (unpaired) electrons. The molecule has 2 fully saturated rings. The van der Waals surface area contributed by atoms with Crippen LogP contribution in [0.1, 0.15) is 54.7 Å². The lowest BCUT2D eigenvalue weighted by atomic mass is 9.86. The highest BCUT2D eigenvalue weighted by Gasteiger charge is 2.23. The number of hydrogen-bond acceptors (Lipinski definition) is 11. The van der Waals surface area contributed by atoms with Gasteiger partial charge in [0.05, 0.1) is 26.1 Å². The maximum atomic E-state index is 11.6. The second kappa shape index (κ2) is 17.4. The lowest BCUT2D eigenvalue weighted by Gasteiger charge is -2.27. The molecular formula is C40H42Cl2N8O3S. The second-order valence-electron chi connectivity index (χ2n) is 13.8. The average Bonchev–Trinajstić information content (AvgIpc) is 3.81. The van der Waals surface area contributed by atoms with Gasteiger partial charge in [0.15, 0.2) is 12.4 Å². The number of benzene rings is 2. The van der Waals surface area contributed by atoms with Gasteiger partial charge in [-0.15, -0.1) is 11.3 Å². The Bertz CT molecular complexity index is 2180. The summed E-state index contributed by atoms with van der Waals surface area (Å²) in [6.07, 6.45) is 7.33. The fourth-order valence-electron chi connectivity index (χ4n) is 7.20. The largest absolute Gasteiger partial charge is 0.462 e. The van der Waals surface area contributed by atoms with E-state index in [4.69, 9.17) is 37.9 Å². The van der Waals surface area contributed by atoms with E-state index in [1.165, 1.54) is 0 Å². The van der Waals surface area contributed by atoms with Crippen LogP contribution in [0.2, 0.25) is 10.0 Å². The molecule has 0 unspecified atom stereocenters. The highest BCUT2D eigenvalue weighted by molar-refractivity contribution is 7.18. The van der Waals surface area contributed by atoms with Gasteiger partial charge in [0.1, 0.15) is 16.6 Å². The topological polar surface area (TPSA) is 157 Å². The third-order valence-corrected chi connectivity index (χ3v) is 12.0. The van der Waals surface area contributed by atoms with Crippen LogP contribution >= 0.6 is 34.5 Å². The molecule has 1 atom stereocenters. The summed E-state index contributed by atoms with van der Waals surface area (Å²) in [5.41, 5.74) is 5.97. The van der Waals surface area contributed by atoms with Crippen LogP contribution in [-0.4, -0.2) is 57.8 Å². The molecule has 4 heterocycles. The van der Waals surface area contributed by atoms with Gasteiger partial charge >= 0.3 is 0 Å². The van der Waals surface area contributed by atoms with E-state index in [9.17, 15) is 15.2 Å². The van der Waals surface area contributed by atoms with Crippen molar-refractivity contribution in [1.29, 1.82) is 5.26 Å². The number of carbonyl (C=O) groups excluding carboxylic acids is 1. The molecule has 0 bridgehead atoms. The summed E-state index contributed by atoms with van der Waals surface area (Å²) in [6.45, 7) is 3.86. The molecule has 1 aliphatic carbocycles. The molecular weight excluding hydrogens is 743 g/mol. The van der Waals surface area contributed by atoms with Gasteiger partial charge < -0.3 is 31.1 Å². The van der Waals surface area contributed by atoms with Crippen LogP contribution in [0.5, 0.6) is 5.88 Å². The van der Waals surface area contributed by atoms with Gasteiger partial charge in [0.2, 0.25) is 11.8 Å². The minimum Gasteiger partial charge on any atom is -0.462 e. The first-order valence-corrected chi connectivity index (χ1v) is 19.8. The van der Waals surface area contributed by atoms with E-state index in [1.807, 2.05) is 61.5 Å². The van der Waals surface area contributed by atoms with Gasteiger partial charge in [0.25, 0.3) is 0 Å². The van der Waals surface area contributed by atoms with Crippen molar-refractivity contribution in [1.82, 2.24) is 30.9 Å². The predicted molar refractivity (Wildman–Crippen MR) is 214 cm³/mol. The smallest absolute Gasteiger partial charge is 0.220 e. The van der Waals surface area contributed by atoms with Crippen LogP contribution in [0, 0.1) is 24.2 Å². The zero-order chi connectivity index (χ0) is 37.6. The van der Waals surface area contributed by atoms with Crippen molar-refractivity contribution in [2.45, 2.75) is 70.6 Å². The molecule has 11 nitrogen and oxygen atoms in total. The number of anilines is 2. The number of nitrogens with zero attached hydrogens (tertiary/aromatic N) is 4. The zero-order valence-corrected chi connectivity index (χ0v) is 32.3. The van der Waals surface area contributed by atoms with Gasteiger partial charge in [-0.2, -0.15) is 5.26 Å². The lowest BCUT2D eigenvalue weighted by molar-refractivity contribution is -0.119. The van der Waals surface area contributed by atoms with Crippen LogP contribution in [0.15, 0.2) is 54.7 Å². The summed E-state index contributed by atoms with van der Waals surface area (Å²) in [5.74, 6) is 1.46. The van der Waals surface area contributed by atoms with Crippen LogP contribution in [0.25, 0.3) is 32.6 Å². The van der Waals surface area contributed by atoms with E-state index < -0.39 is 0 Å². The summed E-state index contributed by atoms with van der Waals surface area (Å²) in [4.78, 5) is 26.0. The summed E-state index contributed by atoms with van der Waals surface area (Å²) < 4.78 is 6.85. The van der Waals surface area contributed by atoms with Gasteiger partial charge in [-0.1, -0.05) is 53.5 Å². The highest BCUT2D eigenvalue weighted by Crippen LogP contribution is 2.43. The Balaban J connectivity index is 1.11. The van der Waals surface area contributed by atoms with Crippen molar-refractivity contribution in [2.75, 3.05) is 25.1 Å². The Hall–Kier alpha value is -4.35. The Morgan fingerprint density at radius 1 is 1.02 bits per heavy atom. The third kappa shape index (κ3) is 8.62. The van der Waals surface area contributed by atoms with Crippen molar-refractivity contribution < 1.29 is 14.6 Å². The number of aliphatic hydroxyl groups is 1. The Labute approximate surface area is 328 Å². The Morgan fingerprint density at radius 3 is 2.56 bits per heavy atom. The molecule has 3 aromatic heterocycles. The zero-order valence-electron chi connectivity index (χ0n) is 29.9. The van der Waals surface area contributed by atoms with E-state index in [2.05, 4.69) is 26.3 Å². The van der Waals surface area contributed by atoms with Gasteiger partial charge in [-0.3, -0.25) is 4.79 Å². The molecule has 5 N–H and O–H groups in total. The number of hydrogen-bond donors (Lipinski definition) is 5. The summed E-state index contributed by atoms with van der Waals surface area (Å²) in [6, 6.07) is 18.0. The van der Waals surface area contributed by atoms with Gasteiger partial charge in [-0.05, 0) is 68.7 Å². The number of carbonyl (C=O) groups is 1. The number of aromatic nitrogens is 3. The van der Waals surface area contributed by atoms with Crippen molar-refractivity contribution >= 4 is 62.2 Å². The first-order valence-electron chi connectivity index (χ1n) is 18.2. The van der Waals surface area contributed by atoms with Crippen LogP contribution < -0.4 is 26.0 Å². The van der Waals surface area contributed by atoms with E-state index in [-0.39, 0.29) is 25.2 Å². The fraction of sp³-hybridized carbons (Fsp3) is 0.375. The minimum atomic E-state index is -0.153. The molecule has 0 spiro atoms. The summed E-state index contributed by atoms with van der Waals surface area (Å²) in [5, 5.41) is 34.2. The minimum absolute atomic E-state index is 0.0714. The molecule has 14 heteroatoms. The molecule has 5 aromatic rings. The van der Waals surface area contributed by atoms with E-state index in [0.29, 0.717) is 76.7 Å². The van der Waals surface area contributed by atoms with Gasteiger partial charge in [-0.25, -0.2) is 15.0 Å². The number of thiazole rings is 1. The van der Waals surface area contributed by atoms with Crippen molar-refractivity contribution in [2.24, 2.45) is 5.92 Å². The number of fused-ring (bicyclic) bond motifs is 1. The SMILES string of the molecule is Cc1cc(-c2cccc(-c3cccc(Nc4nccc5sc(CNC6CCC(CO)CC6)nc45)c3Cl)c2Cl)nc(OCC#N)c1CNC[C@@H]1CCC(=O)N1. The van der Waals surface area contributed by atoms with E-state index in [1.54, 1.807) is 17.5 Å². The Morgan fingerprint density at radius 2 is 1.80 bits per heavy atom. The number of nitriles is 1. The standard InChI is InChI=1S/C40H42Cl2N8O3S/c1-23-18-32(49-40(53-17-15-43)30(23)20-44-19-26-12-13-34(52)47-26)29-6-2-4-27(36(29)41)28-5-3-7-31(37(28)42)48-39-38-33(14-16-45-39)54-35(50-38)21-46-25-10-8-24(22-51)9-11-25/h2-7,14,16,18,24-26,44,46,51H,8-13,17,19-22H2,1H3,(H,45,48)(H,47,52)/t24?,25?,26-/m0/s1. The Kier molecular flexibility index (Phi) is 12.2. The fourth-order valence-corrected chi connectivity index (χ4v) is 8.71. The number of ether oxygens (including phenoxy) is 1. The predicted octanol–water partition coefficient (Wildman–Crippen LogP) is 7.69. The highest BCUT2D eigenvalue weighted by atomic mass is 35.5. The number of halogens is 2. The monoisotopic (exact) mass is 784 g/mol. The van der Waals surface area contributed by atoms with Crippen LogP contribution in [-0.2, 0) is 17.9 Å². The second-order valence-corrected chi connectivity index (χ2v) is 15.7. The van der Waals surface area contributed by atoms with Crippen LogP contribution in [0.3, 0.4) is 0 Å². The molecule has 2 aromatic carbocycles. The molecule has 1 amide bonds. The van der Waals surface area contributed by atoms with E-state index in [0.717, 1.165) is 69.6 Å². The molecule has 1 saturated heterocycles. The summed E-state index contributed by atoms with van der Waals surface area (Å²) >= 11 is 15.9. The van der Waals surface area contributed by atoms with Gasteiger partial charge in [0, 0.05) is 73.2 Å². The number of rotatable bonds is 14. The van der Waals surface area contributed by atoms with Crippen molar-refractivity contribution in [3.8, 4) is 34.3 Å². The van der Waals surface area contributed by atoms with E-state index >= 15 is 0 Å². The van der Waals surface area contributed by atoms with Crippen molar-refractivity contribution in [3.63, 3.8) is 0 Å². The maximum absolute atomic E-state index is 11.6. The first-order chi connectivity index (χ1) is 26.3. The van der Waals surface area contributed by atoms with Crippen molar-refractivity contribution in [3.05, 3.63) is 80.9 Å². The third-order valence-electron chi connectivity index (χ3n) is 10.2. The lowest BCUT2D eigenvalue weighted by Crippen LogP contribution is -2.35. The quantitative estimate of drug-likeness (QED) is 0.0757. The number of aliphatic hydroxyl groups excluding tert-OH is 1. The first kappa shape index (κ1) is 37.9. The molecule has 7 rings (SSSR count). The maximum Gasteiger partial charge on any atom is 0.220 e.